The molecule has 2 heterocycles. The van der Waals surface area contributed by atoms with E-state index < -0.39 is 45.2 Å². The Kier molecular flexibility index (Phi) is 1.55. The summed E-state index contributed by atoms with van der Waals surface area (Å²) in [5, 5.41) is 0.588. The molecule has 21 heavy (non-hydrogen) atoms. The molecular formula is C16H21N3O2. The Hall–Kier alpha value is -2.01. The fraction of sp³-hybridized carbons (Fsp3) is 0.438. The van der Waals surface area contributed by atoms with Crippen molar-refractivity contribution in [1.29, 1.82) is 0 Å². The molecule has 1 fully saturated rings. The van der Waals surface area contributed by atoms with Gasteiger partial charge in [-0.2, -0.15) is 0 Å². The Morgan fingerprint density at radius 3 is 3.33 bits per heavy atom. The first-order chi connectivity index (χ1) is 14.9. The van der Waals surface area contributed by atoms with Gasteiger partial charge in [-0.3, -0.25) is 0 Å². The first kappa shape index (κ1) is 5.65. The predicted octanol–water partition coefficient (Wildman–Crippen LogP) is 1.92. The number of hydrogen-bond donors (Lipinski definition) is 2. The quantitative estimate of drug-likeness (QED) is 0.887. The van der Waals surface area contributed by atoms with Crippen LogP contribution in [-0.2, 0) is 17.6 Å². The van der Waals surface area contributed by atoms with Crippen LogP contribution < -0.4 is 5.31 Å². The molecule has 2 N–H and O–H groups in total. The number of carbonyl (C=O) groups is 1. The highest BCUT2D eigenvalue weighted by atomic mass is 16.6. The van der Waals surface area contributed by atoms with Gasteiger partial charge in [0, 0.05) is 34.5 Å². The molecule has 1 atom stereocenters. The highest BCUT2D eigenvalue weighted by molar-refractivity contribution is 5.84. The first-order valence-corrected chi connectivity index (χ1v) is 6.27. The zero-order valence-electron chi connectivity index (χ0n) is 23.0. The number of aromatic nitrogens is 1. The van der Waals surface area contributed by atoms with Gasteiger partial charge >= 0.3 is 6.09 Å². The van der Waals surface area contributed by atoms with Gasteiger partial charge in [-0.1, -0.05) is 6.07 Å². The van der Waals surface area contributed by atoms with E-state index in [1.54, 1.807) is 0 Å². The van der Waals surface area contributed by atoms with E-state index in [1.165, 1.54) is 18.2 Å². The van der Waals surface area contributed by atoms with Gasteiger partial charge < -0.3 is 19.9 Å². The van der Waals surface area contributed by atoms with E-state index in [1.807, 2.05) is 0 Å². The third-order valence-corrected chi connectivity index (χ3v) is 3.13. The second-order valence-corrected chi connectivity index (χ2v) is 4.63. The second-order valence-electron chi connectivity index (χ2n) is 4.63. The molecule has 0 aliphatic carbocycles. The van der Waals surface area contributed by atoms with Crippen molar-refractivity contribution in [2.24, 2.45) is 0 Å². The van der Waals surface area contributed by atoms with Crippen LogP contribution >= 0.6 is 0 Å². The highest BCUT2D eigenvalue weighted by Gasteiger charge is 2.22. The van der Waals surface area contributed by atoms with Crippen LogP contribution in [0.1, 0.15) is 24.8 Å². The maximum Gasteiger partial charge on any atom is 0.407 e. The standard InChI is InChI=1S/C16H21N3O2/c1-19(2)6-5-12-9-17-15-4-3-11(8-14(12)15)7-13-10-21-16(20)18-13/h3-4,8-9,13,17H,5-7,10H2,1-2H3,(H,18,20)/t13-/m0/s1/i1D3,2D3,6D2,9D,13D/hD2. The van der Waals surface area contributed by atoms with E-state index in [-0.39, 0.29) is 34.4 Å². The number of hydrogen-bond acceptors (Lipinski definition) is 3. The number of nitrogens with zero attached hydrogens (tertiary/aromatic N) is 1. The molecule has 1 aromatic heterocycles. The number of nitrogens with one attached hydrogen (secondary N) is 2. The molecule has 1 saturated heterocycles. The molecule has 0 saturated carbocycles. The van der Waals surface area contributed by atoms with Crippen molar-refractivity contribution >= 4 is 17.0 Å². The third kappa shape index (κ3) is 3.19. The van der Waals surface area contributed by atoms with E-state index in [0.717, 1.165) is 0 Å². The number of aryl methyl sites for hydroxylation is 1. The molecular weight excluding hydrogens is 266 g/mol. The van der Waals surface area contributed by atoms with Gasteiger partial charge in [0.1, 0.15) is 6.61 Å². The Morgan fingerprint density at radius 1 is 1.67 bits per heavy atom. The monoisotopic (exact) mass is 299 g/mol. The van der Waals surface area contributed by atoms with E-state index in [9.17, 15) is 4.79 Å². The van der Waals surface area contributed by atoms with E-state index in [4.69, 9.17) is 21.3 Å². The number of alkyl carbamates (subject to hydrolysis) is 1. The van der Waals surface area contributed by atoms with Crippen LogP contribution in [0.15, 0.2) is 24.4 Å². The van der Waals surface area contributed by atoms with Gasteiger partial charge in [0.25, 0.3) is 0 Å². The molecule has 0 bridgehead atoms. The summed E-state index contributed by atoms with van der Waals surface area (Å²) >= 11 is 0. The lowest BCUT2D eigenvalue weighted by molar-refractivity contribution is 0.177. The van der Waals surface area contributed by atoms with Crippen LogP contribution in [0.3, 0.4) is 0 Å². The van der Waals surface area contributed by atoms with Crippen molar-refractivity contribution in [3.8, 4) is 0 Å². The Bertz CT molecular complexity index is 1070. The summed E-state index contributed by atoms with van der Waals surface area (Å²) < 4.78 is 98.5. The molecule has 1 aromatic carbocycles. The van der Waals surface area contributed by atoms with E-state index >= 15 is 0 Å². The smallest absolute Gasteiger partial charge is 0.407 e. The minimum absolute atomic E-state index is 0.0918. The molecule has 0 spiro atoms. The zero-order chi connectivity index (χ0) is 25.1. The lowest BCUT2D eigenvalue weighted by Gasteiger charge is -2.09. The van der Waals surface area contributed by atoms with Crippen LogP contribution in [0, 0.1) is 0 Å². The normalized spacial score (nSPS) is 32.4. The fourth-order valence-electron chi connectivity index (χ4n) is 2.18. The third-order valence-electron chi connectivity index (χ3n) is 3.13. The molecule has 0 radical (unpaired) electrons. The van der Waals surface area contributed by atoms with Crippen molar-refractivity contribution in [3.63, 3.8) is 0 Å². The first-order valence-electron chi connectivity index (χ1n) is 12.2. The fourth-order valence-corrected chi connectivity index (χ4v) is 2.18. The van der Waals surface area contributed by atoms with Crippen molar-refractivity contribution < 1.29 is 26.1 Å². The average molecular weight is 299 g/mol. The molecule has 2 aromatic rings. The predicted molar refractivity (Wildman–Crippen MR) is 82.5 cm³/mol. The summed E-state index contributed by atoms with van der Waals surface area (Å²) in [4.78, 5) is 12.0. The van der Waals surface area contributed by atoms with Crippen LogP contribution in [0.2, 0.25) is 2.82 Å². The van der Waals surface area contributed by atoms with Gasteiger partial charge in [-0.15, -0.1) is 0 Å². The number of fused-ring (bicyclic) bond motifs is 1. The average Bonchev–Trinajstić information content (AvgIpc) is 3.01. The van der Waals surface area contributed by atoms with Gasteiger partial charge in [0.2, 0.25) is 0 Å². The van der Waals surface area contributed by atoms with E-state index in [0.29, 0.717) is 15.9 Å². The maximum absolute atomic E-state index is 11.5. The molecule has 3 rings (SSSR count). The molecule has 5 heteroatoms. The van der Waals surface area contributed by atoms with Crippen LogP contribution in [-0.4, -0.2) is 49.0 Å². The number of ether oxygens (including phenoxy) is 1. The topological polar surface area (TPSA) is 57.4 Å². The Balaban J connectivity index is 2.05. The number of rotatable bonds is 5. The minimum Gasteiger partial charge on any atom is -0.447 e. The van der Waals surface area contributed by atoms with Crippen molar-refractivity contribution in [2.75, 3.05) is 27.1 Å². The van der Waals surface area contributed by atoms with Crippen LogP contribution in [0.25, 0.3) is 10.9 Å². The Labute approximate surface area is 141 Å². The number of likely N-dealkylation sites (N-methyl/N-ethyl adjacent to an activating group) is 1. The Morgan fingerprint density at radius 2 is 2.57 bits per heavy atom. The number of carbonyl (C=O) groups excluding carboxylic acids is 1. The second kappa shape index (κ2) is 5.77. The van der Waals surface area contributed by atoms with Gasteiger partial charge in [-0.05, 0) is 50.1 Å². The molecule has 0 unspecified atom stereocenters. The van der Waals surface area contributed by atoms with Crippen LogP contribution in [0.5, 0.6) is 0 Å². The summed E-state index contributed by atoms with van der Waals surface area (Å²) in [6.45, 7) is -9.88. The number of amides is 1. The molecule has 1 aliphatic rings. The number of aromatic amines is 1. The van der Waals surface area contributed by atoms with Crippen molar-refractivity contribution in [1.82, 2.24) is 15.2 Å². The van der Waals surface area contributed by atoms with Crippen molar-refractivity contribution in [2.45, 2.75) is 18.9 Å². The summed E-state index contributed by atoms with van der Waals surface area (Å²) in [5.41, 5.74) is 0.513. The molecule has 1 amide bonds. The minimum atomic E-state index is -3.30. The summed E-state index contributed by atoms with van der Waals surface area (Å²) in [7, 11) is 0. The highest BCUT2D eigenvalue weighted by Crippen LogP contribution is 2.21. The molecule has 5 nitrogen and oxygen atoms in total. The van der Waals surface area contributed by atoms with Crippen LogP contribution in [0.4, 0.5) is 4.79 Å². The SMILES string of the molecule is [2H]c1c(CC([2H])([2H])N(C([2H])([2H])[2H])C([2H])([2H])[2H])c2cc(C[C@@]3([2H])COC(=O)N3[2H])ccc2n1[2H]. The van der Waals surface area contributed by atoms with Crippen molar-refractivity contribution in [3.05, 3.63) is 35.5 Å². The number of benzene rings is 1. The molecule has 112 valence electrons. The number of H-pyrrole nitrogens is 1. The van der Waals surface area contributed by atoms with E-state index in [2.05, 4.69) is 0 Å². The summed E-state index contributed by atoms with van der Waals surface area (Å²) in [6.07, 6.45) is -2.38. The zero-order valence-corrected chi connectivity index (χ0v) is 11.0. The van der Waals surface area contributed by atoms with Gasteiger partial charge in [0.05, 0.1) is 8.76 Å². The molecule has 1 aliphatic heterocycles. The maximum atomic E-state index is 11.5. The van der Waals surface area contributed by atoms with Gasteiger partial charge in [-0.25, -0.2) is 4.79 Å². The summed E-state index contributed by atoms with van der Waals surface area (Å²) in [6, 6.07) is 2.70. The lowest BCUT2D eigenvalue weighted by atomic mass is 10.0. The lowest BCUT2D eigenvalue weighted by Crippen LogP contribution is -2.28. The summed E-state index contributed by atoms with van der Waals surface area (Å²) in [5.74, 6) is 0. The largest absolute Gasteiger partial charge is 0.447 e. The number of cyclic esters (lactones) is 1. The van der Waals surface area contributed by atoms with Gasteiger partial charge in [0.15, 0.2) is 2.82 Å².